The van der Waals surface area contributed by atoms with Crippen molar-refractivity contribution >= 4 is 24.3 Å². The third-order valence-corrected chi connectivity index (χ3v) is 4.54. The van der Waals surface area contributed by atoms with Crippen LogP contribution < -0.4 is 10.6 Å². The highest BCUT2D eigenvalue weighted by molar-refractivity contribution is 5.84. The number of piperidine rings is 1. The number of hydrogen-bond donors (Lipinski definition) is 2. The lowest BCUT2D eigenvalue weighted by Crippen LogP contribution is -2.37. The van der Waals surface area contributed by atoms with E-state index in [1.165, 1.54) is 5.56 Å². The predicted molar refractivity (Wildman–Crippen MR) is 92.8 cm³/mol. The molecular formula is C18H25N3O3. The molecule has 0 saturated carbocycles. The number of amides is 2. The fourth-order valence-corrected chi connectivity index (χ4v) is 3.07. The number of nitrogens with zero attached hydrogens (tertiary/aromatic N) is 1. The molecule has 2 N–H and O–H groups in total. The molecule has 0 aromatic heterocycles. The van der Waals surface area contributed by atoms with Gasteiger partial charge in [0.15, 0.2) is 0 Å². The van der Waals surface area contributed by atoms with Crippen LogP contribution in [0.15, 0.2) is 24.3 Å². The van der Waals surface area contributed by atoms with Gasteiger partial charge in [-0.1, -0.05) is 12.1 Å². The average Bonchev–Trinajstić information content (AvgIpc) is 2.65. The van der Waals surface area contributed by atoms with Crippen molar-refractivity contribution in [2.75, 3.05) is 25.5 Å². The first kappa shape index (κ1) is 18.0. The molecule has 6 nitrogen and oxygen atoms in total. The summed E-state index contributed by atoms with van der Waals surface area (Å²) in [5.74, 6) is 0.349. The second-order valence-corrected chi connectivity index (χ2v) is 6.09. The topological polar surface area (TPSA) is 78.5 Å². The molecule has 2 rings (SSSR count). The van der Waals surface area contributed by atoms with Gasteiger partial charge in [-0.05, 0) is 42.9 Å². The second-order valence-electron chi connectivity index (χ2n) is 6.09. The molecule has 0 spiro atoms. The van der Waals surface area contributed by atoms with Crippen LogP contribution in [0.4, 0.5) is 5.69 Å². The lowest BCUT2D eigenvalue weighted by molar-refractivity contribution is -0.121. The molecule has 1 heterocycles. The molecule has 1 aliphatic rings. The Morgan fingerprint density at radius 2 is 1.92 bits per heavy atom. The fraction of sp³-hybridized carbons (Fsp3) is 0.500. The Labute approximate surface area is 142 Å². The van der Waals surface area contributed by atoms with Crippen molar-refractivity contribution in [2.45, 2.75) is 37.6 Å². The normalized spacial score (nSPS) is 16.3. The first-order chi connectivity index (χ1) is 11.7. The van der Waals surface area contributed by atoms with Crippen LogP contribution in [0.25, 0.3) is 0 Å². The van der Waals surface area contributed by atoms with Crippen LogP contribution in [0.2, 0.25) is 0 Å². The Balaban J connectivity index is 1.96. The minimum absolute atomic E-state index is 0.123. The summed E-state index contributed by atoms with van der Waals surface area (Å²) in [4.78, 5) is 35.0. The monoisotopic (exact) mass is 331 g/mol. The Morgan fingerprint density at radius 3 is 2.46 bits per heavy atom. The third-order valence-electron chi connectivity index (χ3n) is 4.54. The van der Waals surface area contributed by atoms with Crippen molar-refractivity contribution in [3.05, 3.63) is 29.8 Å². The Hall–Kier alpha value is -2.37. The van der Waals surface area contributed by atoms with E-state index in [9.17, 15) is 14.4 Å². The van der Waals surface area contributed by atoms with Gasteiger partial charge in [-0.2, -0.15) is 0 Å². The van der Waals surface area contributed by atoms with Crippen LogP contribution in [0.3, 0.4) is 0 Å². The Morgan fingerprint density at radius 1 is 1.25 bits per heavy atom. The zero-order valence-electron chi connectivity index (χ0n) is 14.0. The summed E-state index contributed by atoms with van der Waals surface area (Å²) in [6, 6.07) is 7.67. The number of carbonyl (C=O) groups excluding carboxylic acids is 3. The van der Waals surface area contributed by atoms with Crippen molar-refractivity contribution < 1.29 is 14.4 Å². The summed E-state index contributed by atoms with van der Waals surface area (Å²) in [5.41, 5.74) is 2.12. The molecule has 0 bridgehead atoms. The van der Waals surface area contributed by atoms with Crippen LogP contribution in [-0.2, 0) is 14.4 Å². The SMILES string of the molecule is CNC(=O)C(CCC=O)Nc1ccc(C2CCN(C=O)CC2)cc1. The minimum atomic E-state index is -0.415. The molecule has 0 aliphatic carbocycles. The van der Waals surface area contributed by atoms with E-state index in [1.807, 2.05) is 17.0 Å². The van der Waals surface area contributed by atoms with Gasteiger partial charge in [-0.15, -0.1) is 0 Å². The van der Waals surface area contributed by atoms with Crippen LogP contribution in [0, 0.1) is 0 Å². The first-order valence-corrected chi connectivity index (χ1v) is 8.39. The maximum atomic E-state index is 11.9. The van der Waals surface area contributed by atoms with Crippen molar-refractivity contribution in [1.29, 1.82) is 0 Å². The molecule has 1 unspecified atom stereocenters. The summed E-state index contributed by atoms with van der Waals surface area (Å²) >= 11 is 0. The van der Waals surface area contributed by atoms with Crippen LogP contribution >= 0.6 is 0 Å². The highest BCUT2D eigenvalue weighted by Gasteiger charge is 2.20. The van der Waals surface area contributed by atoms with Gasteiger partial charge in [0, 0.05) is 32.2 Å². The average molecular weight is 331 g/mol. The predicted octanol–water partition coefficient (Wildman–Crippen LogP) is 1.53. The zero-order valence-corrected chi connectivity index (χ0v) is 14.0. The maximum absolute atomic E-state index is 11.9. The number of benzene rings is 1. The molecule has 1 fully saturated rings. The summed E-state index contributed by atoms with van der Waals surface area (Å²) < 4.78 is 0. The van der Waals surface area contributed by atoms with E-state index in [-0.39, 0.29) is 5.91 Å². The highest BCUT2D eigenvalue weighted by atomic mass is 16.2. The van der Waals surface area contributed by atoms with Crippen LogP contribution in [0.1, 0.15) is 37.2 Å². The van der Waals surface area contributed by atoms with Crippen molar-refractivity contribution in [3.8, 4) is 0 Å². The molecule has 1 aromatic rings. The zero-order chi connectivity index (χ0) is 17.4. The maximum Gasteiger partial charge on any atom is 0.242 e. The van der Waals surface area contributed by atoms with Crippen molar-refractivity contribution in [3.63, 3.8) is 0 Å². The van der Waals surface area contributed by atoms with Gasteiger partial charge in [0.05, 0.1) is 0 Å². The summed E-state index contributed by atoms with van der Waals surface area (Å²) in [7, 11) is 1.59. The van der Waals surface area contributed by atoms with E-state index in [0.717, 1.165) is 44.3 Å². The number of likely N-dealkylation sites (tertiary alicyclic amines) is 1. The molecule has 24 heavy (non-hydrogen) atoms. The van der Waals surface area contributed by atoms with E-state index in [1.54, 1.807) is 7.05 Å². The van der Waals surface area contributed by atoms with Gasteiger partial charge in [-0.3, -0.25) is 9.59 Å². The number of likely N-dealkylation sites (N-methyl/N-ethyl adjacent to an activating group) is 1. The molecule has 0 radical (unpaired) electrons. The fourth-order valence-electron chi connectivity index (χ4n) is 3.07. The second kappa shape index (κ2) is 9.05. The smallest absolute Gasteiger partial charge is 0.242 e. The van der Waals surface area contributed by atoms with E-state index < -0.39 is 6.04 Å². The van der Waals surface area contributed by atoms with Gasteiger partial charge < -0.3 is 20.3 Å². The van der Waals surface area contributed by atoms with Crippen molar-refractivity contribution in [1.82, 2.24) is 10.2 Å². The Kier molecular flexibility index (Phi) is 6.78. The largest absolute Gasteiger partial charge is 0.374 e. The number of anilines is 1. The number of rotatable bonds is 8. The minimum Gasteiger partial charge on any atom is -0.374 e. The molecule has 1 aromatic carbocycles. The molecule has 2 amide bonds. The molecule has 1 aliphatic heterocycles. The van der Waals surface area contributed by atoms with Gasteiger partial charge in [0.1, 0.15) is 12.3 Å². The van der Waals surface area contributed by atoms with E-state index >= 15 is 0 Å². The van der Waals surface area contributed by atoms with Gasteiger partial charge >= 0.3 is 0 Å². The van der Waals surface area contributed by atoms with Gasteiger partial charge in [0.25, 0.3) is 0 Å². The van der Waals surface area contributed by atoms with Gasteiger partial charge in [0.2, 0.25) is 12.3 Å². The number of hydrogen-bond acceptors (Lipinski definition) is 4. The van der Waals surface area contributed by atoms with Crippen LogP contribution in [0.5, 0.6) is 0 Å². The van der Waals surface area contributed by atoms with Crippen LogP contribution in [-0.4, -0.2) is 49.7 Å². The molecule has 1 saturated heterocycles. The number of carbonyl (C=O) groups is 3. The summed E-state index contributed by atoms with van der Waals surface area (Å²) in [5, 5.41) is 5.80. The molecule has 1 atom stereocenters. The number of aldehydes is 1. The lowest BCUT2D eigenvalue weighted by Gasteiger charge is -2.29. The molecule has 130 valence electrons. The summed E-state index contributed by atoms with van der Waals surface area (Å²) in [6.07, 6.45) is 4.51. The van der Waals surface area contributed by atoms with Crippen molar-refractivity contribution in [2.24, 2.45) is 0 Å². The Bertz CT molecular complexity index is 551. The van der Waals surface area contributed by atoms with E-state index in [4.69, 9.17) is 0 Å². The lowest BCUT2D eigenvalue weighted by atomic mass is 9.89. The standard InChI is InChI=1S/C18H25N3O3/c1-19-18(24)17(3-2-12-22)20-16-6-4-14(5-7-16)15-8-10-21(13-23)11-9-15/h4-7,12-13,15,17,20H,2-3,8-11H2,1H3,(H,19,24). The highest BCUT2D eigenvalue weighted by Crippen LogP contribution is 2.28. The molecule has 6 heteroatoms. The number of nitrogens with one attached hydrogen (secondary N) is 2. The quantitative estimate of drug-likeness (QED) is 0.708. The summed E-state index contributed by atoms with van der Waals surface area (Å²) in [6.45, 7) is 1.61. The first-order valence-electron chi connectivity index (χ1n) is 8.39. The van der Waals surface area contributed by atoms with E-state index in [2.05, 4.69) is 22.8 Å². The third kappa shape index (κ3) is 4.81. The molecular weight excluding hydrogens is 306 g/mol. The van der Waals surface area contributed by atoms with E-state index in [0.29, 0.717) is 18.8 Å². The van der Waals surface area contributed by atoms with Gasteiger partial charge in [-0.25, -0.2) is 0 Å².